The van der Waals surface area contributed by atoms with Gasteiger partial charge in [-0.2, -0.15) is 0 Å². The van der Waals surface area contributed by atoms with Crippen LogP contribution in [-0.4, -0.2) is 29.3 Å². The third-order valence-electron chi connectivity index (χ3n) is 3.12. The van der Waals surface area contributed by atoms with Crippen molar-refractivity contribution in [3.05, 3.63) is 11.3 Å². The highest BCUT2D eigenvalue weighted by Crippen LogP contribution is 2.29. The van der Waals surface area contributed by atoms with Crippen LogP contribution in [0.3, 0.4) is 0 Å². The Balaban J connectivity index is 2.78. The van der Waals surface area contributed by atoms with E-state index in [2.05, 4.69) is 5.32 Å². The van der Waals surface area contributed by atoms with Crippen molar-refractivity contribution < 1.29 is 9.59 Å². The van der Waals surface area contributed by atoms with E-state index in [1.165, 1.54) is 0 Å². The molecule has 0 saturated heterocycles. The molecule has 0 aromatic carbocycles. The average molecular weight is 287 g/mol. The lowest BCUT2D eigenvalue weighted by Crippen LogP contribution is -2.43. The van der Waals surface area contributed by atoms with Gasteiger partial charge in [-0.1, -0.05) is 19.4 Å². The fraction of sp³-hybridized carbons (Fsp3) is 0.714. The van der Waals surface area contributed by atoms with E-state index in [9.17, 15) is 9.59 Å². The van der Waals surface area contributed by atoms with Gasteiger partial charge in [0.2, 0.25) is 11.8 Å². The summed E-state index contributed by atoms with van der Waals surface area (Å²) in [6.07, 6.45) is 1.91. The monoisotopic (exact) mass is 286 g/mol. The molecule has 0 atom stereocenters. The van der Waals surface area contributed by atoms with Gasteiger partial charge in [0.15, 0.2) is 0 Å². The van der Waals surface area contributed by atoms with Gasteiger partial charge < -0.3 is 5.32 Å². The Morgan fingerprint density at radius 3 is 2.26 bits per heavy atom. The third kappa shape index (κ3) is 4.53. The number of carbonyl (C=O) groups excluding carboxylic acids is 2. The average Bonchev–Trinajstić information content (AvgIpc) is 3.15. The zero-order chi connectivity index (χ0) is 14.6. The molecular formula is C14H23ClN2O2. The number of nitrogens with one attached hydrogen (secondary N) is 1. The molecule has 1 saturated carbocycles. The summed E-state index contributed by atoms with van der Waals surface area (Å²) in [5, 5.41) is 2.82. The molecule has 5 heteroatoms. The van der Waals surface area contributed by atoms with Crippen molar-refractivity contribution in [2.24, 2.45) is 11.8 Å². The summed E-state index contributed by atoms with van der Waals surface area (Å²) >= 11 is 5.66. The lowest BCUT2D eigenvalue weighted by atomic mass is 10.0. The second kappa shape index (κ2) is 6.94. The SMILES string of the molecule is CC(C)=C(C(C)C)N(CNC(=O)C1CC1)C(=O)CCl. The molecule has 0 aromatic heterocycles. The van der Waals surface area contributed by atoms with Crippen LogP contribution in [0.4, 0.5) is 0 Å². The van der Waals surface area contributed by atoms with Crippen LogP contribution >= 0.6 is 11.6 Å². The first-order chi connectivity index (χ1) is 8.88. The highest BCUT2D eigenvalue weighted by atomic mass is 35.5. The third-order valence-corrected chi connectivity index (χ3v) is 3.35. The Labute approximate surface area is 120 Å². The van der Waals surface area contributed by atoms with E-state index in [-0.39, 0.29) is 36.2 Å². The fourth-order valence-electron chi connectivity index (χ4n) is 2.19. The molecule has 2 amide bonds. The van der Waals surface area contributed by atoms with Crippen LogP contribution in [0.15, 0.2) is 11.3 Å². The first-order valence-electron chi connectivity index (χ1n) is 6.69. The Morgan fingerprint density at radius 1 is 1.32 bits per heavy atom. The molecule has 1 rings (SSSR count). The van der Waals surface area contributed by atoms with E-state index in [0.29, 0.717) is 0 Å². The maximum absolute atomic E-state index is 12.0. The number of allylic oxidation sites excluding steroid dienone is 2. The van der Waals surface area contributed by atoms with Gasteiger partial charge >= 0.3 is 0 Å². The second-order valence-corrected chi connectivity index (χ2v) is 5.74. The van der Waals surface area contributed by atoms with Crippen LogP contribution in [0.25, 0.3) is 0 Å². The minimum atomic E-state index is -0.178. The fourth-order valence-corrected chi connectivity index (χ4v) is 2.33. The molecule has 4 nitrogen and oxygen atoms in total. The molecule has 1 fully saturated rings. The molecule has 0 unspecified atom stereocenters. The number of alkyl halides is 1. The van der Waals surface area contributed by atoms with Gasteiger partial charge in [-0.15, -0.1) is 11.6 Å². The summed E-state index contributed by atoms with van der Waals surface area (Å²) in [7, 11) is 0. The summed E-state index contributed by atoms with van der Waals surface area (Å²) in [4.78, 5) is 25.2. The molecule has 0 aromatic rings. The number of hydrogen-bond donors (Lipinski definition) is 1. The largest absolute Gasteiger partial charge is 0.338 e. The first-order valence-corrected chi connectivity index (χ1v) is 7.23. The Bertz CT molecular complexity index is 383. The smallest absolute Gasteiger partial charge is 0.243 e. The van der Waals surface area contributed by atoms with Crippen LogP contribution in [-0.2, 0) is 9.59 Å². The normalized spacial score (nSPS) is 14.2. The number of hydrogen-bond acceptors (Lipinski definition) is 2. The van der Waals surface area contributed by atoms with E-state index in [1.54, 1.807) is 4.90 Å². The van der Waals surface area contributed by atoms with Gasteiger partial charge in [-0.3, -0.25) is 14.5 Å². The summed E-state index contributed by atoms with van der Waals surface area (Å²) in [5.41, 5.74) is 2.00. The predicted octanol–water partition coefficient (Wildman–Crippen LogP) is 2.49. The minimum Gasteiger partial charge on any atom is -0.338 e. The Kier molecular flexibility index (Phi) is 5.85. The van der Waals surface area contributed by atoms with Gasteiger partial charge in [-0.05, 0) is 32.6 Å². The molecule has 0 radical (unpaired) electrons. The number of amides is 2. The van der Waals surface area contributed by atoms with E-state index in [4.69, 9.17) is 11.6 Å². The molecule has 108 valence electrons. The molecule has 1 aliphatic carbocycles. The van der Waals surface area contributed by atoms with Crippen LogP contribution < -0.4 is 5.32 Å². The number of halogens is 1. The second-order valence-electron chi connectivity index (χ2n) is 5.47. The van der Waals surface area contributed by atoms with Crippen LogP contribution in [0.2, 0.25) is 0 Å². The van der Waals surface area contributed by atoms with Crippen molar-refractivity contribution in [3.8, 4) is 0 Å². The summed E-state index contributed by atoms with van der Waals surface area (Å²) in [5.74, 6) is 0.118. The highest BCUT2D eigenvalue weighted by molar-refractivity contribution is 6.27. The van der Waals surface area contributed by atoms with Gasteiger partial charge in [0.05, 0.1) is 6.67 Å². The van der Waals surface area contributed by atoms with E-state index >= 15 is 0 Å². The molecule has 0 bridgehead atoms. The lowest BCUT2D eigenvalue weighted by Gasteiger charge is -2.29. The van der Waals surface area contributed by atoms with E-state index < -0.39 is 0 Å². The van der Waals surface area contributed by atoms with Crippen molar-refractivity contribution in [2.45, 2.75) is 40.5 Å². The predicted molar refractivity (Wildman–Crippen MR) is 76.5 cm³/mol. The standard InChI is InChI=1S/C14H23ClN2O2/c1-9(2)13(10(3)4)17(12(18)7-15)8-16-14(19)11-5-6-11/h9,11H,5-8H2,1-4H3,(H,16,19). The molecule has 0 heterocycles. The molecule has 1 N–H and O–H groups in total. The van der Waals surface area contributed by atoms with Crippen molar-refractivity contribution in [3.63, 3.8) is 0 Å². The maximum Gasteiger partial charge on any atom is 0.243 e. The van der Waals surface area contributed by atoms with Crippen molar-refractivity contribution >= 4 is 23.4 Å². The Morgan fingerprint density at radius 2 is 1.89 bits per heavy atom. The van der Waals surface area contributed by atoms with E-state index in [1.807, 2.05) is 27.7 Å². The molecule has 0 spiro atoms. The van der Waals surface area contributed by atoms with Crippen LogP contribution in [0.5, 0.6) is 0 Å². The van der Waals surface area contributed by atoms with Gasteiger partial charge in [0.25, 0.3) is 0 Å². The summed E-state index contributed by atoms with van der Waals surface area (Å²) < 4.78 is 0. The lowest BCUT2D eigenvalue weighted by molar-refractivity contribution is -0.129. The quantitative estimate of drug-likeness (QED) is 0.602. The number of carbonyl (C=O) groups is 2. The highest BCUT2D eigenvalue weighted by Gasteiger charge is 2.30. The van der Waals surface area contributed by atoms with Crippen molar-refractivity contribution in [2.75, 3.05) is 12.5 Å². The Hall–Kier alpha value is -1.03. The van der Waals surface area contributed by atoms with Gasteiger partial charge in [0, 0.05) is 11.6 Å². The first kappa shape index (κ1) is 16.0. The minimum absolute atomic E-state index is 0.0317. The zero-order valence-electron chi connectivity index (χ0n) is 12.1. The molecular weight excluding hydrogens is 264 g/mol. The molecule has 0 aliphatic heterocycles. The summed E-state index contributed by atoms with van der Waals surface area (Å²) in [6.45, 7) is 8.19. The maximum atomic E-state index is 12.0. The van der Waals surface area contributed by atoms with Gasteiger partial charge in [0.1, 0.15) is 5.88 Å². The number of nitrogens with zero attached hydrogens (tertiary/aromatic N) is 1. The zero-order valence-corrected chi connectivity index (χ0v) is 12.9. The number of rotatable bonds is 6. The summed E-state index contributed by atoms with van der Waals surface area (Å²) in [6, 6.07) is 0. The topological polar surface area (TPSA) is 49.4 Å². The van der Waals surface area contributed by atoms with Gasteiger partial charge in [-0.25, -0.2) is 0 Å². The van der Waals surface area contributed by atoms with Crippen LogP contribution in [0, 0.1) is 11.8 Å². The van der Waals surface area contributed by atoms with Crippen molar-refractivity contribution in [1.82, 2.24) is 10.2 Å². The van der Waals surface area contributed by atoms with Crippen molar-refractivity contribution in [1.29, 1.82) is 0 Å². The molecule has 19 heavy (non-hydrogen) atoms. The van der Waals surface area contributed by atoms with Crippen LogP contribution in [0.1, 0.15) is 40.5 Å². The van der Waals surface area contributed by atoms with E-state index in [0.717, 1.165) is 24.1 Å². The molecule has 1 aliphatic rings.